The van der Waals surface area contributed by atoms with E-state index in [1.807, 2.05) is 18.2 Å². The summed E-state index contributed by atoms with van der Waals surface area (Å²) >= 11 is 0. The minimum Gasteiger partial charge on any atom is -0.493 e. The molecule has 1 heterocycles. The summed E-state index contributed by atoms with van der Waals surface area (Å²) in [5.41, 5.74) is 0.559. The smallest absolute Gasteiger partial charge is 0.357 e. The molecule has 0 radical (unpaired) electrons. The van der Waals surface area contributed by atoms with Gasteiger partial charge in [0.15, 0.2) is 9.84 Å². The van der Waals surface area contributed by atoms with Crippen LogP contribution in [0.15, 0.2) is 53.4 Å². The molecule has 0 amide bonds. The normalized spacial score (nSPS) is 21.5. The number of halogens is 1. The fourth-order valence-electron chi connectivity index (χ4n) is 4.63. The minimum absolute atomic E-state index is 0.137. The van der Waals surface area contributed by atoms with Gasteiger partial charge < -0.3 is 9.57 Å². The predicted molar refractivity (Wildman–Crippen MR) is 122 cm³/mol. The van der Waals surface area contributed by atoms with Crippen LogP contribution in [0.1, 0.15) is 43.0 Å². The van der Waals surface area contributed by atoms with Gasteiger partial charge in [-0.15, -0.1) is 5.06 Å². The summed E-state index contributed by atoms with van der Waals surface area (Å²) in [4.78, 5) is 17.4. The van der Waals surface area contributed by atoms with Crippen LogP contribution >= 0.6 is 0 Å². The predicted octanol–water partition coefficient (Wildman–Crippen LogP) is 4.51. The molecule has 1 saturated carbocycles. The second-order valence-electron chi connectivity index (χ2n) is 8.80. The lowest BCUT2D eigenvalue weighted by Crippen LogP contribution is -2.36. The van der Waals surface area contributed by atoms with Gasteiger partial charge >= 0.3 is 5.97 Å². The second kappa shape index (κ2) is 10.2. The average Bonchev–Trinajstić information content (AvgIpc) is 3.59. The maximum absolute atomic E-state index is 14.1. The second-order valence-corrected chi connectivity index (χ2v) is 11.1. The maximum atomic E-state index is 14.1. The average molecular weight is 476 g/mol. The molecule has 1 aliphatic heterocycles. The van der Waals surface area contributed by atoms with Gasteiger partial charge in [-0.25, -0.2) is 17.6 Å². The molecule has 2 aromatic carbocycles. The number of carbonyl (C=O) groups is 1. The van der Waals surface area contributed by atoms with Crippen molar-refractivity contribution in [3.63, 3.8) is 0 Å². The number of hydroxylamine groups is 2. The van der Waals surface area contributed by atoms with Crippen LogP contribution in [0.5, 0.6) is 5.75 Å². The molecule has 2 aromatic rings. The molecule has 2 aliphatic rings. The summed E-state index contributed by atoms with van der Waals surface area (Å²) in [7, 11) is -3.58. The van der Waals surface area contributed by atoms with E-state index >= 15 is 0 Å². The van der Waals surface area contributed by atoms with E-state index in [1.54, 1.807) is 17.2 Å². The summed E-state index contributed by atoms with van der Waals surface area (Å²) in [6.07, 6.45) is 4.07. The number of carbonyl (C=O) groups excluding carboxylic acids is 1. The highest BCUT2D eigenvalue weighted by Crippen LogP contribution is 2.49. The Balaban J connectivity index is 1.17. The lowest BCUT2D eigenvalue weighted by Gasteiger charge is -2.30. The van der Waals surface area contributed by atoms with Crippen LogP contribution < -0.4 is 4.74 Å². The summed E-state index contributed by atoms with van der Waals surface area (Å²) in [6.45, 7) is 3.46. The molecule has 4 rings (SSSR count). The van der Waals surface area contributed by atoms with Crippen LogP contribution in [0.2, 0.25) is 0 Å². The minimum atomic E-state index is -3.58. The molecule has 2 fully saturated rings. The first kappa shape index (κ1) is 23.7. The van der Waals surface area contributed by atoms with E-state index in [0.717, 1.165) is 38.4 Å². The van der Waals surface area contributed by atoms with Gasteiger partial charge in [-0.3, -0.25) is 0 Å². The Morgan fingerprint density at radius 2 is 1.85 bits per heavy atom. The molecule has 1 saturated heterocycles. The topological polar surface area (TPSA) is 72.9 Å². The quantitative estimate of drug-likeness (QED) is 0.531. The molecule has 0 N–H and O–H groups in total. The molecule has 8 heteroatoms. The number of hydrogen-bond donors (Lipinski definition) is 0. The Morgan fingerprint density at radius 1 is 1.12 bits per heavy atom. The molecule has 6 nitrogen and oxygen atoms in total. The zero-order valence-corrected chi connectivity index (χ0v) is 19.6. The molecule has 0 bridgehead atoms. The lowest BCUT2D eigenvalue weighted by molar-refractivity contribution is -0.127. The third-order valence-corrected chi connectivity index (χ3v) is 8.44. The first-order chi connectivity index (χ1) is 15.9. The van der Waals surface area contributed by atoms with Crippen LogP contribution in [0.25, 0.3) is 0 Å². The van der Waals surface area contributed by atoms with Crippen molar-refractivity contribution in [2.45, 2.75) is 37.5 Å². The van der Waals surface area contributed by atoms with Gasteiger partial charge in [0.25, 0.3) is 0 Å². The third kappa shape index (κ3) is 5.92. The Bertz CT molecular complexity index is 1070. The van der Waals surface area contributed by atoms with Crippen LogP contribution in [0.3, 0.4) is 0 Å². The molecule has 1 aliphatic carbocycles. The molecule has 2 atom stereocenters. The van der Waals surface area contributed by atoms with Gasteiger partial charge in [0.1, 0.15) is 16.5 Å². The van der Waals surface area contributed by atoms with Gasteiger partial charge in [0.2, 0.25) is 0 Å². The van der Waals surface area contributed by atoms with Gasteiger partial charge in [-0.2, -0.15) is 0 Å². The van der Waals surface area contributed by atoms with Crippen LogP contribution in [0, 0.1) is 23.6 Å². The van der Waals surface area contributed by atoms with Crippen LogP contribution in [0.4, 0.5) is 4.39 Å². The Morgan fingerprint density at radius 3 is 2.52 bits per heavy atom. The zero-order valence-electron chi connectivity index (χ0n) is 18.8. The molecule has 0 spiro atoms. The first-order valence-corrected chi connectivity index (χ1v) is 13.2. The number of sulfone groups is 1. The highest BCUT2D eigenvalue weighted by atomic mass is 32.2. The van der Waals surface area contributed by atoms with Crippen molar-refractivity contribution in [1.82, 2.24) is 5.06 Å². The number of ether oxygens (including phenoxy) is 1. The Kier molecular flexibility index (Phi) is 7.34. The van der Waals surface area contributed by atoms with Crippen molar-refractivity contribution in [2.75, 3.05) is 25.4 Å². The molecule has 0 aromatic heterocycles. The number of hydrogen-bond acceptors (Lipinski definition) is 6. The highest BCUT2D eigenvalue weighted by Gasteiger charge is 2.43. The van der Waals surface area contributed by atoms with Gasteiger partial charge in [-0.1, -0.05) is 25.1 Å². The SMILES string of the molecule is CCS(=O)(=O)c1ccc(OCCC2CC2C2CCN(OC(=O)c3ccccc3)CC2)cc1F. The van der Waals surface area contributed by atoms with Crippen molar-refractivity contribution in [3.8, 4) is 5.75 Å². The Labute approximate surface area is 194 Å². The van der Waals surface area contributed by atoms with Crippen molar-refractivity contribution in [2.24, 2.45) is 17.8 Å². The first-order valence-electron chi connectivity index (χ1n) is 11.5. The van der Waals surface area contributed by atoms with Crippen LogP contribution in [-0.4, -0.2) is 44.9 Å². The van der Waals surface area contributed by atoms with E-state index in [2.05, 4.69) is 0 Å². The zero-order chi connectivity index (χ0) is 23.4. The maximum Gasteiger partial charge on any atom is 0.357 e. The Hall–Kier alpha value is -2.45. The summed E-state index contributed by atoms with van der Waals surface area (Å²) in [5.74, 6) is 1.02. The van der Waals surface area contributed by atoms with E-state index in [-0.39, 0.29) is 16.6 Å². The largest absolute Gasteiger partial charge is 0.493 e. The summed E-state index contributed by atoms with van der Waals surface area (Å²) in [6, 6.07) is 13.0. The lowest BCUT2D eigenvalue weighted by atomic mass is 9.91. The van der Waals surface area contributed by atoms with Crippen molar-refractivity contribution >= 4 is 15.8 Å². The van der Waals surface area contributed by atoms with Gasteiger partial charge in [-0.05, 0) is 67.7 Å². The number of piperidine rings is 1. The number of benzene rings is 2. The van der Waals surface area contributed by atoms with Gasteiger partial charge in [0.05, 0.1) is 17.9 Å². The van der Waals surface area contributed by atoms with Crippen molar-refractivity contribution in [1.29, 1.82) is 0 Å². The van der Waals surface area contributed by atoms with E-state index in [1.165, 1.54) is 25.5 Å². The highest BCUT2D eigenvalue weighted by molar-refractivity contribution is 7.91. The van der Waals surface area contributed by atoms with E-state index < -0.39 is 15.7 Å². The molecule has 33 heavy (non-hydrogen) atoms. The molecule has 178 valence electrons. The third-order valence-electron chi connectivity index (χ3n) is 6.68. The van der Waals surface area contributed by atoms with Gasteiger partial charge in [0, 0.05) is 19.2 Å². The molecular formula is C25H30FNO5S. The molecule has 2 unspecified atom stereocenters. The monoisotopic (exact) mass is 475 g/mol. The summed E-state index contributed by atoms with van der Waals surface area (Å²) in [5, 5.41) is 1.77. The van der Waals surface area contributed by atoms with Crippen molar-refractivity contribution < 1.29 is 27.2 Å². The van der Waals surface area contributed by atoms with E-state index in [9.17, 15) is 17.6 Å². The van der Waals surface area contributed by atoms with Crippen molar-refractivity contribution in [3.05, 3.63) is 59.9 Å². The number of nitrogens with zero attached hydrogens (tertiary/aromatic N) is 1. The fraction of sp³-hybridized carbons (Fsp3) is 0.480. The molecular weight excluding hydrogens is 445 g/mol. The fourth-order valence-corrected chi connectivity index (χ4v) is 5.57. The van der Waals surface area contributed by atoms with Crippen LogP contribution in [-0.2, 0) is 14.7 Å². The van der Waals surface area contributed by atoms with E-state index in [4.69, 9.17) is 9.57 Å². The standard InChI is InChI=1S/C25H30FNO5S/c1-2-33(29,30)24-9-8-21(17-23(24)26)31-15-12-20-16-22(20)18-10-13-27(14-11-18)32-25(28)19-6-4-3-5-7-19/h3-9,17-18,20,22H,2,10-16H2,1H3. The van der Waals surface area contributed by atoms with E-state index in [0.29, 0.717) is 35.7 Å². The number of rotatable bonds is 9. The summed E-state index contributed by atoms with van der Waals surface area (Å²) < 4.78 is 43.5.